The smallest absolute Gasteiger partial charge is 0.318 e. The van der Waals surface area contributed by atoms with Gasteiger partial charge in [-0.25, -0.2) is 4.79 Å². The van der Waals surface area contributed by atoms with Crippen LogP contribution in [0.1, 0.15) is 44.4 Å². The zero-order chi connectivity index (χ0) is 21.8. The van der Waals surface area contributed by atoms with Crippen LogP contribution in [0.5, 0.6) is 23.0 Å². The molecule has 2 aliphatic rings. The number of nitrogens with zero attached hydrogens (tertiary/aromatic N) is 1. The second-order valence-corrected chi connectivity index (χ2v) is 8.13. The fourth-order valence-corrected chi connectivity index (χ4v) is 3.82. The van der Waals surface area contributed by atoms with Crippen LogP contribution in [0.4, 0.5) is 4.79 Å². The van der Waals surface area contributed by atoms with Gasteiger partial charge in [-0.15, -0.1) is 0 Å². The van der Waals surface area contributed by atoms with Gasteiger partial charge in [0, 0.05) is 19.5 Å². The Balaban J connectivity index is 1.48. The van der Waals surface area contributed by atoms with Crippen molar-refractivity contribution < 1.29 is 23.7 Å². The minimum absolute atomic E-state index is 0.106. The number of nitrogens with one attached hydrogen (secondary N) is 1. The highest BCUT2D eigenvalue weighted by atomic mass is 16.7. The van der Waals surface area contributed by atoms with E-state index in [0.717, 1.165) is 40.5 Å². The summed E-state index contributed by atoms with van der Waals surface area (Å²) in [6.45, 7) is 8.78. The van der Waals surface area contributed by atoms with Crippen molar-refractivity contribution in [2.75, 3.05) is 26.6 Å². The Morgan fingerprint density at radius 1 is 0.968 bits per heavy atom. The molecule has 2 aromatic carbocycles. The minimum Gasteiger partial charge on any atom is -0.490 e. The van der Waals surface area contributed by atoms with Crippen molar-refractivity contribution in [3.8, 4) is 23.0 Å². The van der Waals surface area contributed by atoms with Crippen LogP contribution in [0.2, 0.25) is 0 Å². The molecule has 2 amide bonds. The molecular formula is C24H30N2O5. The van der Waals surface area contributed by atoms with Gasteiger partial charge in [0.2, 0.25) is 6.79 Å². The van der Waals surface area contributed by atoms with Gasteiger partial charge in [-0.1, -0.05) is 26.0 Å². The predicted molar refractivity (Wildman–Crippen MR) is 117 cm³/mol. The maximum absolute atomic E-state index is 13.1. The van der Waals surface area contributed by atoms with E-state index in [1.54, 1.807) is 4.90 Å². The summed E-state index contributed by atoms with van der Waals surface area (Å²) in [5.41, 5.74) is 2.00. The summed E-state index contributed by atoms with van der Waals surface area (Å²) in [6.07, 6.45) is 0.861. The second-order valence-electron chi connectivity index (χ2n) is 8.13. The van der Waals surface area contributed by atoms with Gasteiger partial charge in [0.15, 0.2) is 23.0 Å². The van der Waals surface area contributed by atoms with E-state index in [0.29, 0.717) is 26.3 Å². The van der Waals surface area contributed by atoms with Gasteiger partial charge < -0.3 is 29.2 Å². The van der Waals surface area contributed by atoms with Gasteiger partial charge >= 0.3 is 6.03 Å². The molecule has 31 heavy (non-hydrogen) atoms. The van der Waals surface area contributed by atoms with Crippen molar-refractivity contribution in [2.24, 2.45) is 5.92 Å². The molecule has 0 unspecified atom stereocenters. The predicted octanol–water partition coefficient (Wildman–Crippen LogP) is 4.51. The zero-order valence-electron chi connectivity index (χ0n) is 18.3. The highest BCUT2D eigenvalue weighted by Crippen LogP contribution is 2.35. The summed E-state index contributed by atoms with van der Waals surface area (Å²) in [4.78, 5) is 14.9. The summed E-state index contributed by atoms with van der Waals surface area (Å²) >= 11 is 0. The summed E-state index contributed by atoms with van der Waals surface area (Å²) in [7, 11) is 0. The molecule has 0 bridgehead atoms. The Bertz CT molecular complexity index is 930. The third kappa shape index (κ3) is 4.81. The maximum Gasteiger partial charge on any atom is 0.318 e. The molecule has 2 heterocycles. The first-order valence-electron chi connectivity index (χ1n) is 10.9. The molecule has 0 saturated carbocycles. The first kappa shape index (κ1) is 21.2. The van der Waals surface area contributed by atoms with Gasteiger partial charge in [-0.05, 0) is 48.2 Å². The average Bonchev–Trinajstić information content (AvgIpc) is 3.11. The molecular weight excluding hydrogens is 396 g/mol. The van der Waals surface area contributed by atoms with E-state index in [1.807, 2.05) is 43.3 Å². The number of fused-ring (bicyclic) bond motifs is 2. The van der Waals surface area contributed by atoms with E-state index in [1.165, 1.54) is 0 Å². The Labute approximate surface area is 183 Å². The Hall–Kier alpha value is -3.09. The normalized spacial score (nSPS) is 15.4. The van der Waals surface area contributed by atoms with Crippen LogP contribution in [0.25, 0.3) is 0 Å². The standard InChI is InChI=1S/C24H30N2O5/c1-4-26(14-17-6-8-20-21(12-17)31-15-30-20)24(27)25-23(16(2)3)18-7-9-19-22(13-18)29-11-5-10-28-19/h6-9,12-13,16,23H,4-5,10-11,14-15H2,1-3H3,(H,25,27)/t23-/m1/s1. The number of ether oxygens (including phenoxy) is 4. The van der Waals surface area contributed by atoms with E-state index >= 15 is 0 Å². The number of hydrogen-bond acceptors (Lipinski definition) is 5. The largest absolute Gasteiger partial charge is 0.490 e. The molecule has 2 aliphatic heterocycles. The van der Waals surface area contributed by atoms with Crippen molar-refractivity contribution in [3.63, 3.8) is 0 Å². The number of hydrogen-bond donors (Lipinski definition) is 1. The second kappa shape index (κ2) is 9.37. The van der Waals surface area contributed by atoms with Gasteiger partial charge in [0.1, 0.15) is 0 Å². The van der Waals surface area contributed by atoms with E-state index in [2.05, 4.69) is 19.2 Å². The molecule has 2 aromatic rings. The van der Waals surface area contributed by atoms with Crippen LogP contribution in [0.3, 0.4) is 0 Å². The van der Waals surface area contributed by atoms with Crippen molar-refractivity contribution in [1.82, 2.24) is 10.2 Å². The van der Waals surface area contributed by atoms with Crippen molar-refractivity contribution in [1.29, 1.82) is 0 Å². The highest BCUT2D eigenvalue weighted by molar-refractivity contribution is 5.75. The van der Waals surface area contributed by atoms with E-state index in [-0.39, 0.29) is 24.8 Å². The molecule has 1 atom stereocenters. The van der Waals surface area contributed by atoms with Crippen molar-refractivity contribution in [2.45, 2.75) is 39.8 Å². The zero-order valence-corrected chi connectivity index (χ0v) is 18.3. The van der Waals surface area contributed by atoms with Crippen LogP contribution in [0.15, 0.2) is 36.4 Å². The monoisotopic (exact) mass is 426 g/mol. The lowest BCUT2D eigenvalue weighted by molar-refractivity contribution is 0.173. The summed E-state index contributed by atoms with van der Waals surface area (Å²) in [5, 5.41) is 3.21. The SMILES string of the molecule is CCN(Cc1ccc2c(c1)OCO2)C(=O)N[C@@H](c1ccc2c(c1)OCCCO2)C(C)C. The molecule has 0 aromatic heterocycles. The number of benzene rings is 2. The Morgan fingerprint density at radius 2 is 1.65 bits per heavy atom. The van der Waals surface area contributed by atoms with Crippen molar-refractivity contribution >= 4 is 6.03 Å². The van der Waals surface area contributed by atoms with E-state index in [4.69, 9.17) is 18.9 Å². The molecule has 0 radical (unpaired) electrons. The van der Waals surface area contributed by atoms with Crippen LogP contribution in [-0.4, -0.2) is 37.5 Å². The fourth-order valence-electron chi connectivity index (χ4n) is 3.82. The third-order valence-electron chi connectivity index (χ3n) is 5.56. The summed E-state index contributed by atoms with van der Waals surface area (Å²) in [5.74, 6) is 3.17. The lowest BCUT2D eigenvalue weighted by Crippen LogP contribution is -2.42. The fraction of sp³-hybridized carbons (Fsp3) is 0.458. The number of amides is 2. The van der Waals surface area contributed by atoms with Crippen LogP contribution < -0.4 is 24.3 Å². The first-order chi connectivity index (χ1) is 15.0. The quantitative estimate of drug-likeness (QED) is 0.736. The first-order valence-corrected chi connectivity index (χ1v) is 10.9. The van der Waals surface area contributed by atoms with Gasteiger partial charge in [-0.3, -0.25) is 0 Å². The lowest BCUT2D eigenvalue weighted by atomic mass is 9.95. The number of rotatable bonds is 6. The Morgan fingerprint density at radius 3 is 2.42 bits per heavy atom. The third-order valence-corrected chi connectivity index (χ3v) is 5.56. The topological polar surface area (TPSA) is 69.3 Å². The molecule has 0 saturated heterocycles. The van der Waals surface area contributed by atoms with E-state index < -0.39 is 0 Å². The van der Waals surface area contributed by atoms with Gasteiger partial charge in [0.25, 0.3) is 0 Å². The molecule has 7 heteroatoms. The van der Waals surface area contributed by atoms with Gasteiger partial charge in [-0.2, -0.15) is 0 Å². The molecule has 7 nitrogen and oxygen atoms in total. The Kier molecular flexibility index (Phi) is 6.39. The molecule has 166 valence electrons. The summed E-state index contributed by atoms with van der Waals surface area (Å²) in [6, 6.07) is 11.5. The van der Waals surface area contributed by atoms with Crippen LogP contribution in [-0.2, 0) is 6.54 Å². The molecule has 1 N–H and O–H groups in total. The number of carbonyl (C=O) groups excluding carboxylic acids is 1. The van der Waals surface area contributed by atoms with Crippen LogP contribution >= 0.6 is 0 Å². The minimum atomic E-state index is -0.143. The van der Waals surface area contributed by atoms with Crippen LogP contribution in [0, 0.1) is 5.92 Å². The number of carbonyl (C=O) groups is 1. The lowest BCUT2D eigenvalue weighted by Gasteiger charge is -2.28. The molecule has 0 aliphatic carbocycles. The number of urea groups is 1. The van der Waals surface area contributed by atoms with E-state index in [9.17, 15) is 4.79 Å². The maximum atomic E-state index is 13.1. The molecule has 4 rings (SSSR count). The van der Waals surface area contributed by atoms with Gasteiger partial charge in [0.05, 0.1) is 19.3 Å². The highest BCUT2D eigenvalue weighted by Gasteiger charge is 2.24. The summed E-state index contributed by atoms with van der Waals surface area (Å²) < 4.78 is 22.4. The molecule has 0 fully saturated rings. The van der Waals surface area contributed by atoms with Crippen molar-refractivity contribution in [3.05, 3.63) is 47.5 Å². The molecule has 0 spiro atoms. The average molecular weight is 427 g/mol.